The lowest BCUT2D eigenvalue weighted by atomic mass is 10.1. The van der Waals surface area contributed by atoms with Crippen molar-refractivity contribution in [2.45, 2.75) is 13.3 Å². The van der Waals surface area contributed by atoms with E-state index in [1.807, 2.05) is 11.8 Å². The number of benzene rings is 1. The van der Waals surface area contributed by atoms with Gasteiger partial charge in [0.05, 0.1) is 18.2 Å². The van der Waals surface area contributed by atoms with Crippen molar-refractivity contribution in [3.63, 3.8) is 0 Å². The maximum absolute atomic E-state index is 12.5. The van der Waals surface area contributed by atoms with E-state index in [9.17, 15) is 4.79 Å². The third kappa shape index (κ3) is 4.51. The number of nitrogens with one attached hydrogen (secondary N) is 1. The lowest BCUT2D eigenvalue weighted by molar-refractivity contribution is 0.0735. The van der Waals surface area contributed by atoms with Gasteiger partial charge in [0, 0.05) is 31.7 Å². The summed E-state index contributed by atoms with van der Waals surface area (Å²) < 4.78 is 11.8. The minimum absolute atomic E-state index is 0. The van der Waals surface area contributed by atoms with Crippen LogP contribution in [0.1, 0.15) is 23.7 Å². The molecule has 0 aromatic heterocycles. The maximum Gasteiger partial charge on any atom is 0.254 e. The number of hydrogen-bond acceptors (Lipinski definition) is 4. The smallest absolute Gasteiger partial charge is 0.254 e. The molecule has 1 saturated heterocycles. The zero-order valence-electron chi connectivity index (χ0n) is 12.9. The summed E-state index contributed by atoms with van der Waals surface area (Å²) in [4.78, 5) is 14.4. The minimum Gasteiger partial charge on any atom is -0.493 e. The number of ether oxygens (including phenoxy) is 2. The lowest BCUT2D eigenvalue weighted by Gasteiger charge is -2.27. The van der Waals surface area contributed by atoms with E-state index < -0.39 is 0 Å². The first-order valence-corrected chi connectivity index (χ1v) is 7.97. The Hall–Kier alpha value is -0.980. The van der Waals surface area contributed by atoms with Crippen LogP contribution in [0, 0.1) is 0 Å². The summed E-state index contributed by atoms with van der Waals surface area (Å²) in [6.45, 7) is 5.78. The van der Waals surface area contributed by atoms with Crippen molar-refractivity contribution < 1.29 is 14.3 Å². The van der Waals surface area contributed by atoms with Crippen molar-refractivity contribution in [1.29, 1.82) is 0 Å². The van der Waals surface area contributed by atoms with Crippen LogP contribution in [0.2, 0.25) is 0 Å². The quantitative estimate of drug-likeness (QED) is 0.836. The van der Waals surface area contributed by atoms with E-state index >= 15 is 0 Å². The zero-order valence-corrected chi connectivity index (χ0v) is 15.3. The highest BCUT2D eigenvalue weighted by molar-refractivity contribution is 9.10. The van der Waals surface area contributed by atoms with Gasteiger partial charge in [-0.3, -0.25) is 4.79 Å². The van der Waals surface area contributed by atoms with Crippen LogP contribution in [-0.2, 0) is 0 Å². The maximum atomic E-state index is 12.5. The number of rotatable bonds is 5. The summed E-state index contributed by atoms with van der Waals surface area (Å²) in [5.74, 6) is 1.25. The van der Waals surface area contributed by atoms with Crippen LogP contribution in [-0.4, -0.2) is 50.7 Å². The number of amides is 1. The van der Waals surface area contributed by atoms with Gasteiger partial charge < -0.3 is 19.7 Å². The average molecular weight is 394 g/mol. The largest absolute Gasteiger partial charge is 0.493 e. The van der Waals surface area contributed by atoms with Crippen molar-refractivity contribution in [3.05, 3.63) is 22.2 Å². The van der Waals surface area contributed by atoms with Crippen LogP contribution in [0.15, 0.2) is 16.6 Å². The zero-order chi connectivity index (χ0) is 15.2. The van der Waals surface area contributed by atoms with Crippen LogP contribution in [0.3, 0.4) is 0 Å². The van der Waals surface area contributed by atoms with Gasteiger partial charge in [-0.1, -0.05) is 6.92 Å². The molecule has 1 amide bonds. The number of nitrogens with zero attached hydrogens (tertiary/aromatic N) is 1. The van der Waals surface area contributed by atoms with Crippen LogP contribution in [0.25, 0.3) is 0 Å². The van der Waals surface area contributed by atoms with E-state index in [0.29, 0.717) is 23.7 Å². The Balaban J connectivity index is 0.00000242. The molecule has 1 aromatic carbocycles. The van der Waals surface area contributed by atoms with Crippen molar-refractivity contribution in [2.75, 3.05) is 39.9 Å². The molecule has 1 heterocycles. The second-order valence-electron chi connectivity index (χ2n) is 4.88. The van der Waals surface area contributed by atoms with E-state index in [1.54, 1.807) is 19.2 Å². The van der Waals surface area contributed by atoms with Gasteiger partial charge in [0.2, 0.25) is 0 Å². The van der Waals surface area contributed by atoms with Gasteiger partial charge in [0.1, 0.15) is 0 Å². The summed E-state index contributed by atoms with van der Waals surface area (Å²) in [6, 6.07) is 3.55. The molecule has 1 aliphatic rings. The number of halogens is 2. The van der Waals surface area contributed by atoms with Crippen LogP contribution >= 0.6 is 28.3 Å². The summed E-state index contributed by atoms with van der Waals surface area (Å²) in [5, 5.41) is 3.24. The molecule has 1 N–H and O–H groups in total. The van der Waals surface area contributed by atoms with E-state index in [2.05, 4.69) is 21.2 Å². The normalized spacial score (nSPS) is 14.2. The third-order valence-corrected chi connectivity index (χ3v) is 3.92. The monoisotopic (exact) mass is 392 g/mol. The van der Waals surface area contributed by atoms with E-state index in [-0.39, 0.29) is 18.3 Å². The van der Waals surface area contributed by atoms with Crippen molar-refractivity contribution in [3.8, 4) is 11.5 Å². The van der Waals surface area contributed by atoms with Crippen LogP contribution in [0.4, 0.5) is 0 Å². The summed E-state index contributed by atoms with van der Waals surface area (Å²) in [6.07, 6.45) is 0.914. The standard InChI is InChI=1S/C15H21BrN2O3.ClH/c1-3-8-21-14-12(16)9-11(10-13(14)20-2)15(19)18-6-4-17-5-7-18;/h9-10,17H,3-8H2,1-2H3;1H. The van der Waals surface area contributed by atoms with E-state index in [1.165, 1.54) is 0 Å². The highest BCUT2D eigenvalue weighted by atomic mass is 79.9. The fourth-order valence-electron chi connectivity index (χ4n) is 2.24. The predicted octanol–water partition coefficient (Wildman–Crippen LogP) is 2.71. The summed E-state index contributed by atoms with van der Waals surface area (Å²) in [7, 11) is 1.58. The Morgan fingerprint density at radius 2 is 2.05 bits per heavy atom. The second kappa shape index (κ2) is 9.22. The fourth-order valence-corrected chi connectivity index (χ4v) is 2.79. The number of carbonyl (C=O) groups is 1. The molecule has 0 unspecified atom stereocenters. The molecule has 124 valence electrons. The number of piperazine rings is 1. The molecular weight excluding hydrogens is 372 g/mol. The Bertz CT molecular complexity index is 508. The molecule has 0 radical (unpaired) electrons. The number of hydrogen-bond donors (Lipinski definition) is 1. The highest BCUT2D eigenvalue weighted by Gasteiger charge is 2.21. The topological polar surface area (TPSA) is 50.8 Å². The Morgan fingerprint density at radius 3 is 2.64 bits per heavy atom. The first kappa shape index (κ1) is 19.1. The molecule has 2 rings (SSSR count). The Labute approximate surface area is 145 Å². The van der Waals surface area contributed by atoms with Crippen molar-refractivity contribution in [2.24, 2.45) is 0 Å². The van der Waals surface area contributed by atoms with Gasteiger partial charge in [0.15, 0.2) is 11.5 Å². The van der Waals surface area contributed by atoms with Gasteiger partial charge in [-0.25, -0.2) is 0 Å². The molecule has 1 aliphatic heterocycles. The average Bonchev–Trinajstić information content (AvgIpc) is 2.53. The SMILES string of the molecule is CCCOc1c(Br)cc(C(=O)N2CCNCC2)cc1OC.Cl. The van der Waals surface area contributed by atoms with Gasteiger partial charge >= 0.3 is 0 Å². The summed E-state index contributed by atoms with van der Waals surface area (Å²) in [5.41, 5.74) is 0.615. The Kier molecular flexibility index (Phi) is 8.00. The molecule has 0 spiro atoms. The molecule has 22 heavy (non-hydrogen) atoms. The highest BCUT2D eigenvalue weighted by Crippen LogP contribution is 2.37. The Morgan fingerprint density at radius 1 is 1.36 bits per heavy atom. The number of methoxy groups -OCH3 is 1. The third-order valence-electron chi connectivity index (χ3n) is 3.33. The molecule has 1 fully saturated rings. The van der Waals surface area contributed by atoms with Crippen molar-refractivity contribution in [1.82, 2.24) is 10.2 Å². The van der Waals surface area contributed by atoms with Crippen LogP contribution in [0.5, 0.6) is 11.5 Å². The van der Waals surface area contributed by atoms with Crippen molar-refractivity contribution >= 4 is 34.2 Å². The van der Waals surface area contributed by atoms with Gasteiger partial charge in [-0.2, -0.15) is 0 Å². The lowest BCUT2D eigenvalue weighted by Crippen LogP contribution is -2.46. The molecule has 1 aromatic rings. The van der Waals surface area contributed by atoms with E-state index in [0.717, 1.165) is 37.1 Å². The van der Waals surface area contributed by atoms with Gasteiger partial charge in [-0.15, -0.1) is 12.4 Å². The number of carbonyl (C=O) groups excluding carboxylic acids is 1. The molecule has 0 saturated carbocycles. The van der Waals surface area contributed by atoms with Crippen LogP contribution < -0.4 is 14.8 Å². The molecular formula is C15H22BrClN2O3. The molecule has 7 heteroatoms. The molecule has 0 bridgehead atoms. The molecule has 5 nitrogen and oxygen atoms in total. The van der Waals surface area contributed by atoms with Gasteiger partial charge in [-0.05, 0) is 34.5 Å². The van der Waals surface area contributed by atoms with E-state index in [4.69, 9.17) is 9.47 Å². The minimum atomic E-state index is 0. The fraction of sp³-hybridized carbons (Fsp3) is 0.533. The first-order valence-electron chi connectivity index (χ1n) is 7.17. The first-order chi connectivity index (χ1) is 10.2. The summed E-state index contributed by atoms with van der Waals surface area (Å²) >= 11 is 3.47. The molecule has 0 aliphatic carbocycles. The molecule has 0 atom stereocenters. The second-order valence-corrected chi connectivity index (χ2v) is 5.73. The van der Waals surface area contributed by atoms with Gasteiger partial charge in [0.25, 0.3) is 5.91 Å². The predicted molar refractivity (Wildman–Crippen MR) is 92.5 cm³/mol.